The Morgan fingerprint density at radius 2 is 1.95 bits per heavy atom. The Hall–Kier alpha value is -0.610. The second-order valence-electron chi connectivity index (χ2n) is 5.86. The Labute approximate surface area is 117 Å². The zero-order valence-electron chi connectivity index (χ0n) is 12.8. The molecule has 1 saturated carbocycles. The molecule has 0 aromatic heterocycles. The van der Waals surface area contributed by atoms with E-state index in [1.807, 2.05) is 6.92 Å². The van der Waals surface area contributed by atoms with Crippen LogP contribution in [0.3, 0.4) is 0 Å². The van der Waals surface area contributed by atoms with Crippen molar-refractivity contribution in [2.24, 2.45) is 5.73 Å². The number of hydrogen-bond donors (Lipinski definition) is 1. The number of rotatable bonds is 10. The number of nitrogens with two attached hydrogens (primary N) is 1. The van der Waals surface area contributed by atoms with Crippen molar-refractivity contribution in [3.8, 4) is 0 Å². The van der Waals surface area contributed by atoms with E-state index in [1.165, 1.54) is 32.2 Å². The number of esters is 1. The molecule has 1 fully saturated rings. The van der Waals surface area contributed by atoms with Crippen LogP contribution in [0.2, 0.25) is 0 Å². The molecule has 4 nitrogen and oxygen atoms in total. The van der Waals surface area contributed by atoms with E-state index in [9.17, 15) is 4.79 Å². The molecule has 1 unspecified atom stereocenters. The molecule has 1 aliphatic rings. The van der Waals surface area contributed by atoms with E-state index in [4.69, 9.17) is 10.5 Å². The first-order chi connectivity index (χ1) is 9.01. The number of nitrogens with zero attached hydrogens (tertiary/aromatic N) is 1. The second kappa shape index (κ2) is 7.85. The van der Waals surface area contributed by atoms with Crippen molar-refractivity contribution in [3.63, 3.8) is 0 Å². The lowest BCUT2D eigenvalue weighted by Gasteiger charge is -2.25. The van der Waals surface area contributed by atoms with Gasteiger partial charge in [0.1, 0.15) is 5.54 Å². The van der Waals surface area contributed by atoms with Gasteiger partial charge in [0.2, 0.25) is 0 Å². The van der Waals surface area contributed by atoms with Gasteiger partial charge in [-0.25, -0.2) is 0 Å². The Bertz CT molecular complexity index is 275. The Morgan fingerprint density at radius 3 is 2.47 bits per heavy atom. The van der Waals surface area contributed by atoms with Crippen LogP contribution in [0.25, 0.3) is 0 Å². The highest BCUT2D eigenvalue weighted by Crippen LogP contribution is 2.27. The molecule has 4 heteroatoms. The van der Waals surface area contributed by atoms with Gasteiger partial charge in [0, 0.05) is 6.04 Å². The highest BCUT2D eigenvalue weighted by molar-refractivity contribution is 5.79. The van der Waals surface area contributed by atoms with Gasteiger partial charge < -0.3 is 15.4 Å². The van der Waals surface area contributed by atoms with Crippen LogP contribution in [0, 0.1) is 0 Å². The second-order valence-corrected chi connectivity index (χ2v) is 5.86. The summed E-state index contributed by atoms with van der Waals surface area (Å²) in [5.74, 6) is -0.276. The lowest BCUT2D eigenvalue weighted by molar-refractivity contribution is -0.149. The van der Waals surface area contributed by atoms with Crippen LogP contribution in [0.5, 0.6) is 0 Å². The maximum absolute atomic E-state index is 11.7. The third kappa shape index (κ3) is 5.91. The first kappa shape index (κ1) is 16.4. The van der Waals surface area contributed by atoms with Gasteiger partial charge in [-0.1, -0.05) is 13.3 Å². The SMILES string of the molecule is CCCCN(CCCC(C)(N)C(=O)OCC)C1CC1. The Balaban J connectivity index is 2.28. The van der Waals surface area contributed by atoms with Crippen LogP contribution in [-0.2, 0) is 9.53 Å². The van der Waals surface area contributed by atoms with Gasteiger partial charge >= 0.3 is 5.97 Å². The summed E-state index contributed by atoms with van der Waals surface area (Å²) in [5.41, 5.74) is 5.19. The average molecular weight is 270 g/mol. The van der Waals surface area contributed by atoms with E-state index in [1.54, 1.807) is 6.92 Å². The van der Waals surface area contributed by atoms with Crippen molar-refractivity contribution < 1.29 is 9.53 Å². The van der Waals surface area contributed by atoms with Crippen LogP contribution < -0.4 is 5.73 Å². The fourth-order valence-corrected chi connectivity index (χ4v) is 2.33. The Morgan fingerprint density at radius 1 is 1.32 bits per heavy atom. The molecule has 0 saturated heterocycles. The number of ether oxygens (including phenoxy) is 1. The highest BCUT2D eigenvalue weighted by Gasteiger charge is 2.31. The van der Waals surface area contributed by atoms with Crippen LogP contribution in [0.4, 0.5) is 0 Å². The standard InChI is InChI=1S/C15H30N2O2/c1-4-6-11-17(13-8-9-13)12-7-10-15(3,16)14(18)19-5-2/h13H,4-12,16H2,1-3H3. The zero-order valence-corrected chi connectivity index (χ0v) is 12.8. The predicted molar refractivity (Wildman–Crippen MR) is 78.0 cm³/mol. The lowest BCUT2D eigenvalue weighted by atomic mass is 9.97. The number of hydrogen-bond acceptors (Lipinski definition) is 4. The van der Waals surface area contributed by atoms with Crippen molar-refractivity contribution in [1.29, 1.82) is 0 Å². The summed E-state index contributed by atoms with van der Waals surface area (Å²) < 4.78 is 5.01. The lowest BCUT2D eigenvalue weighted by Crippen LogP contribution is -2.46. The summed E-state index contributed by atoms with van der Waals surface area (Å²) in [6.45, 7) is 8.45. The molecule has 0 amide bonds. The molecule has 0 aromatic carbocycles. The van der Waals surface area contributed by atoms with Gasteiger partial charge in [-0.15, -0.1) is 0 Å². The van der Waals surface area contributed by atoms with Crippen molar-refractivity contribution in [3.05, 3.63) is 0 Å². The molecule has 2 N–H and O–H groups in total. The number of unbranched alkanes of at least 4 members (excludes halogenated alkanes) is 1. The third-order valence-electron chi connectivity index (χ3n) is 3.75. The predicted octanol–water partition coefficient (Wildman–Crippen LogP) is 2.31. The minimum absolute atomic E-state index is 0.276. The van der Waals surface area contributed by atoms with Gasteiger partial charge in [-0.3, -0.25) is 4.79 Å². The summed E-state index contributed by atoms with van der Waals surface area (Å²) in [6.07, 6.45) is 6.82. The summed E-state index contributed by atoms with van der Waals surface area (Å²) in [4.78, 5) is 14.3. The molecule has 0 bridgehead atoms. The molecule has 0 aliphatic heterocycles. The summed E-state index contributed by atoms with van der Waals surface area (Å²) in [6, 6.07) is 0.790. The third-order valence-corrected chi connectivity index (χ3v) is 3.75. The highest BCUT2D eigenvalue weighted by atomic mass is 16.5. The van der Waals surface area contributed by atoms with Crippen molar-refractivity contribution in [2.75, 3.05) is 19.7 Å². The molecule has 0 heterocycles. The Kier molecular flexibility index (Phi) is 6.80. The first-order valence-corrected chi connectivity index (χ1v) is 7.71. The largest absolute Gasteiger partial charge is 0.465 e. The van der Waals surface area contributed by atoms with E-state index in [-0.39, 0.29) is 5.97 Å². The van der Waals surface area contributed by atoms with E-state index in [0.29, 0.717) is 13.0 Å². The van der Waals surface area contributed by atoms with Crippen LogP contribution in [0.1, 0.15) is 59.3 Å². The molecular formula is C15H30N2O2. The number of carbonyl (C=O) groups is 1. The molecule has 1 rings (SSSR count). The fraction of sp³-hybridized carbons (Fsp3) is 0.933. The smallest absolute Gasteiger partial charge is 0.325 e. The monoisotopic (exact) mass is 270 g/mol. The van der Waals surface area contributed by atoms with E-state index < -0.39 is 5.54 Å². The topological polar surface area (TPSA) is 55.6 Å². The van der Waals surface area contributed by atoms with Gasteiger partial charge in [-0.2, -0.15) is 0 Å². The minimum atomic E-state index is -0.837. The molecule has 112 valence electrons. The van der Waals surface area contributed by atoms with Gasteiger partial charge in [0.25, 0.3) is 0 Å². The molecule has 0 aromatic rings. The number of carbonyl (C=O) groups excluding carboxylic acids is 1. The molecule has 1 aliphatic carbocycles. The maximum atomic E-state index is 11.7. The zero-order chi connectivity index (χ0) is 14.3. The van der Waals surface area contributed by atoms with Crippen LogP contribution >= 0.6 is 0 Å². The molecule has 0 radical (unpaired) electrons. The van der Waals surface area contributed by atoms with Crippen molar-refractivity contribution in [1.82, 2.24) is 4.90 Å². The summed E-state index contributed by atoms with van der Waals surface area (Å²) in [5, 5.41) is 0. The van der Waals surface area contributed by atoms with Crippen LogP contribution in [0.15, 0.2) is 0 Å². The molecule has 0 spiro atoms. The van der Waals surface area contributed by atoms with E-state index >= 15 is 0 Å². The quantitative estimate of drug-likeness (QED) is 0.619. The van der Waals surface area contributed by atoms with E-state index in [0.717, 1.165) is 19.0 Å². The molecule has 19 heavy (non-hydrogen) atoms. The van der Waals surface area contributed by atoms with E-state index in [2.05, 4.69) is 11.8 Å². The van der Waals surface area contributed by atoms with Crippen molar-refractivity contribution >= 4 is 5.97 Å². The fourth-order valence-electron chi connectivity index (χ4n) is 2.33. The van der Waals surface area contributed by atoms with Crippen LogP contribution in [-0.4, -0.2) is 42.1 Å². The van der Waals surface area contributed by atoms with Gasteiger partial charge in [0.05, 0.1) is 6.61 Å². The molecule has 1 atom stereocenters. The first-order valence-electron chi connectivity index (χ1n) is 7.71. The molecular weight excluding hydrogens is 240 g/mol. The van der Waals surface area contributed by atoms with Crippen molar-refractivity contribution in [2.45, 2.75) is 70.9 Å². The van der Waals surface area contributed by atoms with Gasteiger partial charge in [0.15, 0.2) is 0 Å². The summed E-state index contributed by atoms with van der Waals surface area (Å²) >= 11 is 0. The minimum Gasteiger partial charge on any atom is -0.465 e. The average Bonchev–Trinajstić information content (AvgIpc) is 3.18. The normalized spacial score (nSPS) is 18.4. The van der Waals surface area contributed by atoms with Gasteiger partial charge in [-0.05, 0) is 59.0 Å². The summed E-state index contributed by atoms with van der Waals surface area (Å²) in [7, 11) is 0. The maximum Gasteiger partial charge on any atom is 0.325 e.